The van der Waals surface area contributed by atoms with Gasteiger partial charge < -0.3 is 15.0 Å². The smallest absolute Gasteiger partial charge is 0.322 e. The molecule has 138 valence electrons. The molecule has 1 N–H and O–H groups in total. The lowest BCUT2D eigenvalue weighted by molar-refractivity contribution is 0.132. The highest BCUT2D eigenvalue weighted by molar-refractivity contribution is 6.32. The Balaban J connectivity index is 1.40. The first-order valence-electron chi connectivity index (χ1n) is 8.53. The average molecular weight is 378 g/mol. The molecule has 3 rings (SSSR count). The maximum absolute atomic E-state index is 13.6. The number of amides is 2. The summed E-state index contributed by atoms with van der Waals surface area (Å²) < 4.78 is 19.3. The summed E-state index contributed by atoms with van der Waals surface area (Å²) in [6, 6.07) is 13.3. The van der Waals surface area contributed by atoms with Crippen molar-refractivity contribution in [2.45, 2.75) is 0 Å². The van der Waals surface area contributed by atoms with E-state index in [4.69, 9.17) is 16.3 Å². The van der Waals surface area contributed by atoms with Crippen molar-refractivity contribution in [3.8, 4) is 5.75 Å². The van der Waals surface area contributed by atoms with Gasteiger partial charge in [0, 0.05) is 32.7 Å². The summed E-state index contributed by atoms with van der Waals surface area (Å²) in [5, 5.41) is 3.22. The third-order valence-corrected chi connectivity index (χ3v) is 4.59. The van der Waals surface area contributed by atoms with Gasteiger partial charge in [-0.3, -0.25) is 4.90 Å². The van der Waals surface area contributed by atoms with Crippen LogP contribution in [0.5, 0.6) is 5.75 Å². The molecule has 2 aromatic rings. The molecule has 0 atom stereocenters. The monoisotopic (exact) mass is 377 g/mol. The number of rotatable bonds is 5. The molecule has 1 fully saturated rings. The molecule has 2 aromatic carbocycles. The molecule has 2 amide bonds. The van der Waals surface area contributed by atoms with Crippen molar-refractivity contribution in [1.29, 1.82) is 0 Å². The fraction of sp³-hybridized carbons (Fsp3) is 0.316. The lowest BCUT2D eigenvalue weighted by Crippen LogP contribution is -2.50. The van der Waals surface area contributed by atoms with Crippen LogP contribution >= 0.6 is 11.6 Å². The van der Waals surface area contributed by atoms with Gasteiger partial charge in [0.15, 0.2) is 0 Å². The number of nitrogens with one attached hydrogen (secondary N) is 1. The van der Waals surface area contributed by atoms with Gasteiger partial charge in [-0.25, -0.2) is 9.18 Å². The van der Waals surface area contributed by atoms with Gasteiger partial charge in [0.05, 0.1) is 10.7 Å². The second kappa shape index (κ2) is 8.87. The third kappa shape index (κ3) is 4.86. The second-order valence-electron chi connectivity index (χ2n) is 6.02. The van der Waals surface area contributed by atoms with Crippen LogP contribution in [0.1, 0.15) is 0 Å². The van der Waals surface area contributed by atoms with E-state index in [9.17, 15) is 9.18 Å². The van der Waals surface area contributed by atoms with E-state index < -0.39 is 5.82 Å². The van der Waals surface area contributed by atoms with E-state index in [-0.39, 0.29) is 11.7 Å². The molecule has 0 saturated carbocycles. The minimum absolute atomic E-state index is 0.202. The molecule has 26 heavy (non-hydrogen) atoms. The predicted molar refractivity (Wildman–Crippen MR) is 100 cm³/mol. The Labute approximate surface area is 157 Å². The van der Waals surface area contributed by atoms with Crippen molar-refractivity contribution >= 4 is 23.3 Å². The van der Waals surface area contributed by atoms with E-state index in [0.717, 1.165) is 19.6 Å². The van der Waals surface area contributed by atoms with Gasteiger partial charge in [-0.05, 0) is 24.3 Å². The Morgan fingerprint density at radius 1 is 1.08 bits per heavy atom. The van der Waals surface area contributed by atoms with E-state index >= 15 is 0 Å². The van der Waals surface area contributed by atoms with Gasteiger partial charge in [0.2, 0.25) is 0 Å². The molecule has 1 heterocycles. The zero-order valence-electron chi connectivity index (χ0n) is 14.3. The number of hydrogen-bond acceptors (Lipinski definition) is 3. The van der Waals surface area contributed by atoms with Crippen LogP contribution in [0.15, 0.2) is 48.5 Å². The molecule has 5 nitrogen and oxygen atoms in total. The summed E-state index contributed by atoms with van der Waals surface area (Å²) in [4.78, 5) is 16.2. The van der Waals surface area contributed by atoms with Gasteiger partial charge >= 0.3 is 6.03 Å². The quantitative estimate of drug-likeness (QED) is 0.864. The number of carbonyl (C=O) groups is 1. The number of piperazine rings is 1. The number of nitrogens with zero attached hydrogens (tertiary/aromatic N) is 2. The molecular formula is C19H21ClFN3O2. The minimum atomic E-state index is -0.434. The standard InChI is InChI=1S/C19H21ClFN3O2/c20-15-5-1-4-8-18(15)26-14-13-23-9-11-24(12-10-23)19(25)22-17-7-3-2-6-16(17)21/h1-8H,9-14H2,(H,22,25). The van der Waals surface area contributed by atoms with E-state index in [0.29, 0.717) is 30.5 Å². The Morgan fingerprint density at radius 3 is 2.50 bits per heavy atom. The van der Waals surface area contributed by atoms with Crippen LogP contribution in [-0.2, 0) is 0 Å². The summed E-state index contributed by atoms with van der Waals surface area (Å²) in [6.07, 6.45) is 0. The molecule has 0 unspecified atom stereocenters. The van der Waals surface area contributed by atoms with Crippen molar-refractivity contribution in [1.82, 2.24) is 9.80 Å². The van der Waals surface area contributed by atoms with E-state index in [2.05, 4.69) is 10.2 Å². The fourth-order valence-electron chi connectivity index (χ4n) is 2.78. The van der Waals surface area contributed by atoms with E-state index in [1.54, 1.807) is 29.2 Å². The van der Waals surface area contributed by atoms with Crippen molar-refractivity contribution in [2.24, 2.45) is 0 Å². The van der Waals surface area contributed by atoms with E-state index in [1.165, 1.54) is 6.07 Å². The number of halogens is 2. The van der Waals surface area contributed by atoms with Crippen molar-refractivity contribution < 1.29 is 13.9 Å². The van der Waals surface area contributed by atoms with Gasteiger partial charge in [-0.2, -0.15) is 0 Å². The lowest BCUT2D eigenvalue weighted by Gasteiger charge is -2.34. The third-order valence-electron chi connectivity index (χ3n) is 4.28. The predicted octanol–water partition coefficient (Wildman–Crippen LogP) is 3.71. The molecule has 1 saturated heterocycles. The van der Waals surface area contributed by atoms with E-state index in [1.807, 2.05) is 18.2 Å². The molecule has 0 spiro atoms. The van der Waals surface area contributed by atoms with Crippen molar-refractivity contribution in [2.75, 3.05) is 44.6 Å². The van der Waals surface area contributed by atoms with Crippen LogP contribution < -0.4 is 10.1 Å². The SMILES string of the molecule is O=C(Nc1ccccc1F)N1CCN(CCOc2ccccc2Cl)CC1. The molecule has 1 aliphatic heterocycles. The molecule has 0 bridgehead atoms. The molecule has 1 aliphatic rings. The van der Waals surface area contributed by atoms with Crippen LogP contribution in [0.4, 0.5) is 14.9 Å². The zero-order chi connectivity index (χ0) is 18.4. The fourth-order valence-corrected chi connectivity index (χ4v) is 2.97. The number of anilines is 1. The topological polar surface area (TPSA) is 44.8 Å². The van der Waals surface area contributed by atoms with Gasteiger partial charge in [0.1, 0.15) is 18.2 Å². The molecule has 0 aromatic heterocycles. The van der Waals surface area contributed by atoms with Gasteiger partial charge in [-0.1, -0.05) is 35.9 Å². The lowest BCUT2D eigenvalue weighted by atomic mass is 10.3. The average Bonchev–Trinajstić information content (AvgIpc) is 2.66. The normalized spacial score (nSPS) is 14.9. The van der Waals surface area contributed by atoms with Crippen molar-refractivity contribution in [3.05, 3.63) is 59.4 Å². The van der Waals surface area contributed by atoms with Gasteiger partial charge in [-0.15, -0.1) is 0 Å². The first kappa shape index (κ1) is 18.5. The first-order valence-corrected chi connectivity index (χ1v) is 8.91. The number of hydrogen-bond donors (Lipinski definition) is 1. The van der Waals surface area contributed by atoms with Crippen LogP contribution in [0, 0.1) is 5.82 Å². The second-order valence-corrected chi connectivity index (χ2v) is 6.42. The van der Waals surface area contributed by atoms with Crippen LogP contribution in [0.25, 0.3) is 0 Å². The number of carbonyl (C=O) groups excluding carboxylic acids is 1. The minimum Gasteiger partial charge on any atom is -0.491 e. The summed E-state index contributed by atoms with van der Waals surface area (Å²) in [5.74, 6) is 0.244. The highest BCUT2D eigenvalue weighted by Gasteiger charge is 2.21. The van der Waals surface area contributed by atoms with Crippen LogP contribution in [0.2, 0.25) is 5.02 Å². The Bertz CT molecular complexity index is 751. The summed E-state index contributed by atoms with van der Waals surface area (Å²) in [6.45, 7) is 3.96. The zero-order valence-corrected chi connectivity index (χ0v) is 15.1. The number of para-hydroxylation sites is 2. The first-order chi connectivity index (χ1) is 12.6. The number of benzene rings is 2. The van der Waals surface area contributed by atoms with Crippen molar-refractivity contribution in [3.63, 3.8) is 0 Å². The van der Waals surface area contributed by atoms with Crippen LogP contribution in [-0.4, -0.2) is 55.2 Å². The maximum atomic E-state index is 13.6. The molecule has 7 heteroatoms. The number of urea groups is 1. The Morgan fingerprint density at radius 2 is 1.77 bits per heavy atom. The largest absolute Gasteiger partial charge is 0.491 e. The molecule has 0 radical (unpaired) electrons. The Kier molecular flexibility index (Phi) is 6.30. The summed E-state index contributed by atoms with van der Waals surface area (Å²) in [7, 11) is 0. The summed E-state index contributed by atoms with van der Waals surface area (Å²) >= 11 is 6.06. The molecule has 0 aliphatic carbocycles. The summed E-state index contributed by atoms with van der Waals surface area (Å²) in [5.41, 5.74) is 0.202. The van der Waals surface area contributed by atoms with Gasteiger partial charge in [0.25, 0.3) is 0 Å². The highest BCUT2D eigenvalue weighted by atomic mass is 35.5. The molecular weight excluding hydrogens is 357 g/mol. The van der Waals surface area contributed by atoms with Crippen LogP contribution in [0.3, 0.4) is 0 Å². The maximum Gasteiger partial charge on any atom is 0.322 e. The Hall–Kier alpha value is -2.31. The highest BCUT2D eigenvalue weighted by Crippen LogP contribution is 2.23. The number of ether oxygens (including phenoxy) is 1.